The first-order valence-corrected chi connectivity index (χ1v) is 6.86. The number of hydrogen-bond acceptors (Lipinski definition) is 3. The van der Waals surface area contributed by atoms with Crippen LogP contribution in [0.15, 0.2) is 18.2 Å². The summed E-state index contributed by atoms with van der Waals surface area (Å²) < 4.78 is 5.35. The van der Waals surface area contributed by atoms with E-state index in [2.05, 4.69) is 5.32 Å². The molecular formula is C15H19NO3. The van der Waals surface area contributed by atoms with Crippen LogP contribution in [0.3, 0.4) is 0 Å². The maximum absolute atomic E-state index is 12.0. The molecule has 0 saturated heterocycles. The molecule has 1 aliphatic heterocycles. The van der Waals surface area contributed by atoms with Crippen molar-refractivity contribution in [3.05, 3.63) is 29.3 Å². The number of fused-ring (bicyclic) bond motifs is 1. The third-order valence-electron chi connectivity index (χ3n) is 4.03. The Kier molecular flexibility index (Phi) is 3.29. The van der Waals surface area contributed by atoms with E-state index in [-0.39, 0.29) is 12.3 Å². The summed E-state index contributed by atoms with van der Waals surface area (Å²) in [5, 5.41) is 13.1. The molecule has 1 aliphatic carbocycles. The van der Waals surface area contributed by atoms with E-state index in [9.17, 15) is 9.90 Å². The molecule has 2 aliphatic rings. The molecule has 1 saturated carbocycles. The van der Waals surface area contributed by atoms with Gasteiger partial charge in [-0.25, -0.2) is 0 Å². The number of amides is 1. The van der Waals surface area contributed by atoms with Crippen molar-refractivity contribution in [2.24, 2.45) is 0 Å². The van der Waals surface area contributed by atoms with Gasteiger partial charge in [0.05, 0.1) is 25.2 Å². The van der Waals surface area contributed by atoms with Crippen LogP contribution in [0.4, 0.5) is 5.69 Å². The topological polar surface area (TPSA) is 58.6 Å². The van der Waals surface area contributed by atoms with Crippen LogP contribution in [0.5, 0.6) is 0 Å². The largest absolute Gasteiger partial charge is 0.389 e. The maximum atomic E-state index is 12.0. The summed E-state index contributed by atoms with van der Waals surface area (Å²) >= 11 is 0. The van der Waals surface area contributed by atoms with Gasteiger partial charge in [0.15, 0.2) is 0 Å². The second kappa shape index (κ2) is 4.94. The van der Waals surface area contributed by atoms with Gasteiger partial charge in [0.2, 0.25) is 5.91 Å². The minimum Gasteiger partial charge on any atom is -0.389 e. The molecule has 1 amide bonds. The molecule has 0 atom stereocenters. The third kappa shape index (κ3) is 2.80. The predicted molar refractivity (Wildman–Crippen MR) is 71.6 cm³/mol. The van der Waals surface area contributed by atoms with Crippen molar-refractivity contribution >= 4 is 11.6 Å². The van der Waals surface area contributed by atoms with Crippen molar-refractivity contribution in [2.45, 2.75) is 50.9 Å². The summed E-state index contributed by atoms with van der Waals surface area (Å²) in [4.78, 5) is 12.0. The van der Waals surface area contributed by atoms with Gasteiger partial charge in [-0.2, -0.15) is 0 Å². The van der Waals surface area contributed by atoms with Crippen molar-refractivity contribution in [3.8, 4) is 0 Å². The minimum absolute atomic E-state index is 0.108. The number of ether oxygens (including phenoxy) is 1. The Bertz CT molecular complexity index is 492. The zero-order valence-electron chi connectivity index (χ0n) is 10.9. The molecule has 1 fully saturated rings. The molecule has 4 heteroatoms. The van der Waals surface area contributed by atoms with Gasteiger partial charge < -0.3 is 15.2 Å². The predicted octanol–water partition coefficient (Wildman–Crippen LogP) is 2.35. The normalized spacial score (nSPS) is 20.3. The molecule has 1 heterocycles. The van der Waals surface area contributed by atoms with E-state index >= 15 is 0 Å². The molecule has 19 heavy (non-hydrogen) atoms. The number of nitrogens with one attached hydrogen (secondary N) is 1. The van der Waals surface area contributed by atoms with Crippen LogP contribution in [0, 0.1) is 0 Å². The minimum atomic E-state index is -0.788. The zero-order chi connectivity index (χ0) is 13.3. The van der Waals surface area contributed by atoms with E-state index in [1.165, 1.54) is 5.56 Å². The molecule has 0 unspecified atom stereocenters. The Balaban J connectivity index is 1.63. The van der Waals surface area contributed by atoms with E-state index in [1.54, 1.807) is 0 Å². The molecule has 0 radical (unpaired) electrons. The number of hydrogen-bond donors (Lipinski definition) is 2. The molecule has 102 valence electrons. The first-order chi connectivity index (χ1) is 9.15. The molecule has 0 aromatic heterocycles. The van der Waals surface area contributed by atoms with Crippen molar-refractivity contribution < 1.29 is 14.6 Å². The highest BCUT2D eigenvalue weighted by atomic mass is 16.5. The lowest BCUT2D eigenvalue weighted by Gasteiger charge is -2.21. The van der Waals surface area contributed by atoms with Crippen LogP contribution >= 0.6 is 0 Å². The number of carbonyl (C=O) groups is 1. The Morgan fingerprint density at radius 1 is 1.26 bits per heavy atom. The van der Waals surface area contributed by atoms with Gasteiger partial charge >= 0.3 is 0 Å². The van der Waals surface area contributed by atoms with E-state index in [0.29, 0.717) is 13.2 Å². The molecule has 2 N–H and O–H groups in total. The summed E-state index contributed by atoms with van der Waals surface area (Å²) in [6, 6.07) is 5.84. The lowest BCUT2D eigenvalue weighted by Crippen LogP contribution is -2.30. The van der Waals surface area contributed by atoms with Crippen LogP contribution in [0.1, 0.15) is 43.2 Å². The molecular weight excluding hydrogens is 242 g/mol. The van der Waals surface area contributed by atoms with Gasteiger partial charge in [-0.1, -0.05) is 18.9 Å². The summed E-state index contributed by atoms with van der Waals surface area (Å²) in [5.41, 5.74) is 2.32. The van der Waals surface area contributed by atoms with Gasteiger partial charge in [-0.3, -0.25) is 4.79 Å². The standard InChI is InChI=1S/C15H19NO3/c17-14(8-15(18)5-1-2-6-15)16-13-4-3-11-9-19-10-12(11)7-13/h3-4,7,18H,1-2,5-6,8-10H2,(H,16,17). The van der Waals surface area contributed by atoms with E-state index < -0.39 is 5.60 Å². The average molecular weight is 261 g/mol. The monoisotopic (exact) mass is 261 g/mol. The molecule has 4 nitrogen and oxygen atoms in total. The highest BCUT2D eigenvalue weighted by Crippen LogP contribution is 2.32. The maximum Gasteiger partial charge on any atom is 0.227 e. The molecule has 0 bridgehead atoms. The second-order valence-corrected chi connectivity index (χ2v) is 5.63. The number of anilines is 1. The second-order valence-electron chi connectivity index (χ2n) is 5.63. The van der Waals surface area contributed by atoms with E-state index in [0.717, 1.165) is 36.9 Å². The van der Waals surface area contributed by atoms with Crippen LogP contribution < -0.4 is 5.32 Å². The number of carbonyl (C=O) groups excluding carboxylic acids is 1. The van der Waals surface area contributed by atoms with Gasteiger partial charge in [-0.15, -0.1) is 0 Å². The van der Waals surface area contributed by atoms with Crippen LogP contribution in [0.2, 0.25) is 0 Å². The molecule has 3 rings (SSSR count). The lowest BCUT2D eigenvalue weighted by molar-refractivity contribution is -0.120. The third-order valence-corrected chi connectivity index (χ3v) is 4.03. The van der Waals surface area contributed by atoms with Gasteiger partial charge in [0, 0.05) is 5.69 Å². The Hall–Kier alpha value is -1.39. The Morgan fingerprint density at radius 3 is 2.79 bits per heavy atom. The van der Waals surface area contributed by atoms with Gasteiger partial charge in [0.1, 0.15) is 0 Å². The van der Waals surface area contributed by atoms with E-state index in [1.807, 2.05) is 18.2 Å². The lowest BCUT2D eigenvalue weighted by atomic mass is 9.97. The van der Waals surface area contributed by atoms with Gasteiger partial charge in [-0.05, 0) is 36.1 Å². The number of benzene rings is 1. The molecule has 1 aromatic carbocycles. The summed E-state index contributed by atoms with van der Waals surface area (Å²) in [6.07, 6.45) is 3.69. The average Bonchev–Trinajstić information content (AvgIpc) is 2.97. The van der Waals surface area contributed by atoms with E-state index in [4.69, 9.17) is 4.74 Å². The smallest absolute Gasteiger partial charge is 0.227 e. The van der Waals surface area contributed by atoms with Crippen molar-refractivity contribution in [2.75, 3.05) is 5.32 Å². The van der Waals surface area contributed by atoms with Crippen LogP contribution in [-0.2, 0) is 22.7 Å². The summed E-state index contributed by atoms with van der Waals surface area (Å²) in [5.74, 6) is -0.108. The highest BCUT2D eigenvalue weighted by molar-refractivity contribution is 5.91. The number of aliphatic hydroxyl groups is 1. The summed E-state index contributed by atoms with van der Waals surface area (Å²) in [7, 11) is 0. The van der Waals surface area contributed by atoms with Gasteiger partial charge in [0.25, 0.3) is 0 Å². The zero-order valence-corrected chi connectivity index (χ0v) is 10.9. The first kappa shape index (κ1) is 12.6. The fourth-order valence-corrected chi connectivity index (χ4v) is 2.96. The highest BCUT2D eigenvalue weighted by Gasteiger charge is 2.33. The molecule has 1 aromatic rings. The van der Waals surface area contributed by atoms with Crippen molar-refractivity contribution in [1.29, 1.82) is 0 Å². The fourth-order valence-electron chi connectivity index (χ4n) is 2.96. The van der Waals surface area contributed by atoms with Crippen molar-refractivity contribution in [3.63, 3.8) is 0 Å². The van der Waals surface area contributed by atoms with Crippen LogP contribution in [-0.4, -0.2) is 16.6 Å². The Morgan fingerprint density at radius 2 is 2.00 bits per heavy atom. The fraction of sp³-hybridized carbons (Fsp3) is 0.533. The SMILES string of the molecule is O=C(CC1(O)CCCC1)Nc1ccc2c(c1)COC2. The molecule has 0 spiro atoms. The first-order valence-electron chi connectivity index (χ1n) is 6.86. The van der Waals surface area contributed by atoms with Crippen molar-refractivity contribution in [1.82, 2.24) is 0 Å². The quantitative estimate of drug-likeness (QED) is 0.878. The summed E-state index contributed by atoms with van der Waals surface area (Å²) in [6.45, 7) is 1.27. The number of rotatable bonds is 3. The van der Waals surface area contributed by atoms with Crippen LogP contribution in [0.25, 0.3) is 0 Å². The Labute approximate surface area is 112 Å².